The van der Waals surface area contributed by atoms with Gasteiger partial charge in [0.15, 0.2) is 11.5 Å². The number of aromatic nitrogens is 1. The fraction of sp³-hybridized carbons (Fsp3) is 0.304. The number of pyridine rings is 1. The van der Waals surface area contributed by atoms with Gasteiger partial charge in [-0.1, -0.05) is 13.0 Å². The highest BCUT2D eigenvalue weighted by Crippen LogP contribution is 2.32. The van der Waals surface area contributed by atoms with Crippen LogP contribution in [0.25, 0.3) is 10.8 Å². The monoisotopic (exact) mass is 408 g/mol. The molecule has 0 aliphatic carbocycles. The van der Waals surface area contributed by atoms with E-state index < -0.39 is 0 Å². The molecule has 30 heavy (non-hydrogen) atoms. The molecule has 0 radical (unpaired) electrons. The molecule has 1 unspecified atom stereocenters. The topological polar surface area (TPSA) is 78.8 Å². The number of fused-ring (bicyclic) bond motifs is 2. The van der Waals surface area contributed by atoms with E-state index >= 15 is 0 Å². The van der Waals surface area contributed by atoms with Gasteiger partial charge in [0, 0.05) is 23.3 Å². The molecular weight excluding hydrogens is 384 g/mol. The van der Waals surface area contributed by atoms with Crippen LogP contribution in [-0.2, 0) is 11.3 Å². The molecule has 0 spiro atoms. The van der Waals surface area contributed by atoms with Gasteiger partial charge < -0.3 is 24.1 Å². The average Bonchev–Trinajstić information content (AvgIpc) is 2.76. The smallest absolute Gasteiger partial charge is 0.259 e. The van der Waals surface area contributed by atoms with Crippen molar-refractivity contribution >= 4 is 22.4 Å². The number of amides is 1. The maximum absolute atomic E-state index is 12.9. The molecule has 1 aromatic heterocycles. The van der Waals surface area contributed by atoms with Crippen molar-refractivity contribution < 1.29 is 19.0 Å². The zero-order valence-corrected chi connectivity index (χ0v) is 17.0. The number of benzene rings is 2. The van der Waals surface area contributed by atoms with Crippen molar-refractivity contribution in [3.8, 4) is 17.2 Å². The van der Waals surface area contributed by atoms with Crippen LogP contribution < -0.4 is 25.1 Å². The van der Waals surface area contributed by atoms with E-state index in [2.05, 4.69) is 5.32 Å². The zero-order chi connectivity index (χ0) is 21.1. The Morgan fingerprint density at radius 3 is 2.73 bits per heavy atom. The van der Waals surface area contributed by atoms with Crippen molar-refractivity contribution in [3.05, 3.63) is 59.0 Å². The van der Waals surface area contributed by atoms with Crippen LogP contribution in [-0.4, -0.2) is 29.8 Å². The normalized spacial score (nSPS) is 13.7. The summed E-state index contributed by atoms with van der Waals surface area (Å²) < 4.78 is 18.3. The Bertz CT molecular complexity index is 1140. The van der Waals surface area contributed by atoms with E-state index in [1.54, 1.807) is 36.5 Å². The number of nitrogens with zero attached hydrogens (tertiary/aromatic N) is 1. The molecule has 7 nitrogen and oxygen atoms in total. The number of anilines is 1. The van der Waals surface area contributed by atoms with Crippen molar-refractivity contribution in [2.75, 3.05) is 18.5 Å². The molecule has 1 N–H and O–H groups in total. The van der Waals surface area contributed by atoms with Gasteiger partial charge >= 0.3 is 0 Å². The van der Waals surface area contributed by atoms with Crippen LogP contribution >= 0.6 is 0 Å². The number of hydrogen-bond donors (Lipinski definition) is 1. The van der Waals surface area contributed by atoms with E-state index in [0.29, 0.717) is 41.5 Å². The summed E-state index contributed by atoms with van der Waals surface area (Å²) in [5.74, 6) is 1.61. The second-order valence-corrected chi connectivity index (χ2v) is 7.21. The van der Waals surface area contributed by atoms with Gasteiger partial charge in [-0.3, -0.25) is 9.59 Å². The summed E-state index contributed by atoms with van der Waals surface area (Å²) in [4.78, 5) is 25.4. The van der Waals surface area contributed by atoms with Gasteiger partial charge in [-0.2, -0.15) is 0 Å². The van der Waals surface area contributed by atoms with E-state index in [1.807, 2.05) is 26.0 Å². The minimum atomic E-state index is -0.305. The highest BCUT2D eigenvalue weighted by atomic mass is 16.6. The molecule has 0 saturated heterocycles. The van der Waals surface area contributed by atoms with Gasteiger partial charge in [0.05, 0.1) is 11.5 Å². The fourth-order valence-corrected chi connectivity index (χ4v) is 3.29. The maximum atomic E-state index is 12.9. The van der Waals surface area contributed by atoms with Crippen LogP contribution in [0, 0.1) is 0 Å². The summed E-state index contributed by atoms with van der Waals surface area (Å²) in [5.41, 5.74) is 0.349. The third-order valence-electron chi connectivity index (χ3n) is 5.02. The highest BCUT2D eigenvalue weighted by molar-refractivity contribution is 5.92. The number of nitrogens with one attached hydrogen (secondary N) is 1. The number of ether oxygens (including phenoxy) is 3. The molecule has 2 aromatic carbocycles. The lowest BCUT2D eigenvalue weighted by Crippen LogP contribution is -2.27. The number of carbonyl (C=O) groups is 1. The Labute approximate surface area is 174 Å². The Kier molecular flexibility index (Phi) is 5.61. The first-order valence-corrected chi connectivity index (χ1v) is 10.0. The summed E-state index contributed by atoms with van der Waals surface area (Å²) in [6.07, 6.45) is 2.54. The lowest BCUT2D eigenvalue weighted by atomic mass is 10.1. The Morgan fingerprint density at radius 2 is 1.93 bits per heavy atom. The molecular formula is C23H24N2O5. The first-order chi connectivity index (χ1) is 14.5. The third kappa shape index (κ3) is 4.10. The fourth-order valence-electron chi connectivity index (χ4n) is 3.29. The van der Waals surface area contributed by atoms with Crippen LogP contribution in [0.2, 0.25) is 0 Å². The van der Waals surface area contributed by atoms with Crippen LogP contribution in [0.15, 0.2) is 53.5 Å². The van der Waals surface area contributed by atoms with Gasteiger partial charge in [0.25, 0.3) is 5.56 Å². The largest absolute Gasteiger partial charge is 0.490 e. The van der Waals surface area contributed by atoms with Gasteiger partial charge in [-0.15, -0.1) is 0 Å². The molecule has 1 aliphatic heterocycles. The van der Waals surface area contributed by atoms with Crippen LogP contribution in [0.1, 0.15) is 20.3 Å². The Morgan fingerprint density at radius 1 is 1.13 bits per heavy atom. The van der Waals surface area contributed by atoms with E-state index in [0.717, 1.165) is 11.8 Å². The summed E-state index contributed by atoms with van der Waals surface area (Å²) in [6, 6.07) is 12.4. The molecule has 0 saturated carbocycles. The first-order valence-electron chi connectivity index (χ1n) is 10.0. The first kappa shape index (κ1) is 19.8. The summed E-state index contributed by atoms with van der Waals surface area (Å²) in [7, 11) is 0. The van der Waals surface area contributed by atoms with Gasteiger partial charge in [-0.25, -0.2) is 0 Å². The summed E-state index contributed by atoms with van der Waals surface area (Å²) in [6.45, 7) is 4.92. The zero-order valence-electron chi connectivity index (χ0n) is 17.0. The summed E-state index contributed by atoms with van der Waals surface area (Å²) in [5, 5.41) is 4.06. The van der Waals surface area contributed by atoms with Gasteiger partial charge in [0.1, 0.15) is 25.5 Å². The molecule has 0 bridgehead atoms. The van der Waals surface area contributed by atoms with Crippen molar-refractivity contribution in [2.45, 2.75) is 32.9 Å². The molecule has 1 aliphatic rings. The van der Waals surface area contributed by atoms with Crippen molar-refractivity contribution in [2.24, 2.45) is 0 Å². The minimum Gasteiger partial charge on any atom is -0.490 e. The number of hydrogen-bond acceptors (Lipinski definition) is 5. The number of rotatable bonds is 6. The van der Waals surface area contributed by atoms with E-state index in [-0.39, 0.29) is 24.1 Å². The minimum absolute atomic E-state index is 0.0507. The molecule has 7 heteroatoms. The van der Waals surface area contributed by atoms with Crippen molar-refractivity contribution in [3.63, 3.8) is 0 Å². The van der Waals surface area contributed by atoms with Crippen molar-refractivity contribution in [1.29, 1.82) is 0 Å². The van der Waals surface area contributed by atoms with E-state index in [1.165, 1.54) is 4.57 Å². The predicted molar refractivity (Wildman–Crippen MR) is 115 cm³/mol. The molecule has 4 rings (SSSR count). The molecule has 0 fully saturated rings. The lowest BCUT2D eigenvalue weighted by molar-refractivity contribution is -0.116. The second-order valence-electron chi connectivity index (χ2n) is 7.21. The predicted octanol–water partition coefficient (Wildman–Crippen LogP) is 3.59. The molecule has 1 amide bonds. The summed E-state index contributed by atoms with van der Waals surface area (Å²) >= 11 is 0. The molecule has 156 valence electrons. The number of carbonyl (C=O) groups excluding carboxylic acids is 1. The highest BCUT2D eigenvalue weighted by Gasteiger charge is 2.14. The SMILES string of the molecule is CCC(C)Oc1cccc2c(=O)n(CC(=O)Nc3ccc4c(c3)OCCO4)ccc12. The Hall–Kier alpha value is -3.48. The quantitative estimate of drug-likeness (QED) is 0.674. The van der Waals surface area contributed by atoms with E-state index in [4.69, 9.17) is 14.2 Å². The van der Waals surface area contributed by atoms with Crippen molar-refractivity contribution in [1.82, 2.24) is 4.57 Å². The van der Waals surface area contributed by atoms with Gasteiger partial charge in [-0.05, 0) is 43.7 Å². The second kappa shape index (κ2) is 8.49. The Balaban J connectivity index is 1.53. The standard InChI is InChI=1S/C23H24N2O5/c1-3-15(2)30-19-6-4-5-18-17(19)9-10-25(23(18)27)14-22(26)24-16-7-8-20-21(13-16)29-12-11-28-20/h4-10,13,15H,3,11-12,14H2,1-2H3,(H,24,26). The van der Waals surface area contributed by atoms with E-state index in [9.17, 15) is 9.59 Å². The molecule has 2 heterocycles. The third-order valence-corrected chi connectivity index (χ3v) is 5.02. The maximum Gasteiger partial charge on any atom is 0.259 e. The average molecular weight is 408 g/mol. The van der Waals surface area contributed by atoms with Gasteiger partial charge in [0.2, 0.25) is 5.91 Å². The lowest BCUT2D eigenvalue weighted by Gasteiger charge is -2.19. The van der Waals surface area contributed by atoms with Crippen LogP contribution in [0.4, 0.5) is 5.69 Å². The van der Waals surface area contributed by atoms with Crippen LogP contribution in [0.5, 0.6) is 17.2 Å². The molecule has 1 atom stereocenters. The molecule has 3 aromatic rings. The van der Waals surface area contributed by atoms with Crippen LogP contribution in [0.3, 0.4) is 0 Å².